The molecule has 1 saturated carbocycles. The van der Waals surface area contributed by atoms with E-state index in [-0.39, 0.29) is 6.10 Å². The van der Waals surface area contributed by atoms with Crippen LogP contribution >= 0.6 is 0 Å². The van der Waals surface area contributed by atoms with Gasteiger partial charge in [-0.15, -0.1) is 0 Å². The van der Waals surface area contributed by atoms with Gasteiger partial charge in [0.15, 0.2) is 11.5 Å². The van der Waals surface area contributed by atoms with E-state index in [4.69, 9.17) is 0 Å². The number of anilines is 2. The number of hydrogen-bond donors (Lipinski definition) is 3. The molecule has 0 aliphatic heterocycles. The van der Waals surface area contributed by atoms with Crippen molar-refractivity contribution in [1.29, 1.82) is 0 Å². The summed E-state index contributed by atoms with van der Waals surface area (Å²) in [6.07, 6.45) is 9.48. The number of imidazole rings is 1. The third-order valence-electron chi connectivity index (χ3n) is 4.00. The van der Waals surface area contributed by atoms with Crippen LogP contribution in [0.4, 0.5) is 11.6 Å². The molecule has 6 nitrogen and oxygen atoms in total. The molecule has 1 aliphatic carbocycles. The Bertz CT molecular complexity index is 574. The van der Waals surface area contributed by atoms with Crippen LogP contribution in [-0.2, 0) is 0 Å². The third-order valence-corrected chi connectivity index (χ3v) is 4.00. The Morgan fingerprint density at radius 2 is 2.15 bits per heavy atom. The third kappa shape index (κ3) is 2.70. The predicted octanol–water partition coefficient (Wildman–Crippen LogP) is 1.73. The summed E-state index contributed by atoms with van der Waals surface area (Å²) in [6.45, 7) is 0.884. The molecule has 3 rings (SSSR count). The van der Waals surface area contributed by atoms with E-state index in [2.05, 4.69) is 20.6 Å². The Hall–Kier alpha value is -1.82. The first kappa shape index (κ1) is 13.2. The minimum absolute atomic E-state index is 0.101. The van der Waals surface area contributed by atoms with Crippen LogP contribution in [0.3, 0.4) is 0 Å². The van der Waals surface area contributed by atoms with E-state index >= 15 is 0 Å². The largest absolute Gasteiger partial charge is 0.393 e. The molecule has 20 heavy (non-hydrogen) atoms. The molecule has 2 aromatic heterocycles. The summed E-state index contributed by atoms with van der Waals surface area (Å²) in [5, 5.41) is 16.0. The molecule has 0 unspecified atom stereocenters. The first-order valence-electron chi connectivity index (χ1n) is 7.19. The Kier molecular flexibility index (Phi) is 3.73. The second-order valence-corrected chi connectivity index (χ2v) is 5.44. The molecule has 3 N–H and O–H groups in total. The van der Waals surface area contributed by atoms with E-state index in [1.807, 2.05) is 23.8 Å². The van der Waals surface area contributed by atoms with E-state index in [0.29, 0.717) is 5.92 Å². The van der Waals surface area contributed by atoms with Crippen molar-refractivity contribution < 1.29 is 5.11 Å². The highest BCUT2D eigenvalue weighted by Gasteiger charge is 2.19. The van der Waals surface area contributed by atoms with Gasteiger partial charge in [0.05, 0.1) is 12.3 Å². The van der Waals surface area contributed by atoms with Gasteiger partial charge in [-0.2, -0.15) is 0 Å². The SMILES string of the molecule is CNc1cn2ccnc2c(NCC2CCC(O)CC2)n1. The van der Waals surface area contributed by atoms with Crippen molar-refractivity contribution in [1.82, 2.24) is 14.4 Å². The van der Waals surface area contributed by atoms with Gasteiger partial charge < -0.3 is 20.1 Å². The van der Waals surface area contributed by atoms with Gasteiger partial charge in [-0.3, -0.25) is 0 Å². The number of nitrogens with zero attached hydrogens (tertiary/aromatic N) is 3. The summed E-state index contributed by atoms with van der Waals surface area (Å²) >= 11 is 0. The van der Waals surface area contributed by atoms with Crippen LogP contribution in [0.1, 0.15) is 25.7 Å². The summed E-state index contributed by atoms with van der Waals surface area (Å²) in [4.78, 5) is 8.88. The van der Waals surface area contributed by atoms with Gasteiger partial charge in [0.2, 0.25) is 0 Å². The number of aromatic nitrogens is 3. The second-order valence-electron chi connectivity index (χ2n) is 5.44. The maximum absolute atomic E-state index is 9.54. The molecule has 0 spiro atoms. The van der Waals surface area contributed by atoms with Crippen LogP contribution in [0.15, 0.2) is 18.6 Å². The van der Waals surface area contributed by atoms with E-state index in [9.17, 15) is 5.11 Å². The van der Waals surface area contributed by atoms with Gasteiger partial charge in [0.1, 0.15) is 5.82 Å². The monoisotopic (exact) mass is 275 g/mol. The van der Waals surface area contributed by atoms with Crippen molar-refractivity contribution in [2.24, 2.45) is 5.92 Å². The number of aliphatic hydroxyl groups is 1. The standard InChI is InChI=1S/C14H21N5O/c1-15-12-9-19-7-6-16-14(19)13(18-12)17-8-10-2-4-11(20)5-3-10/h6-7,9-11,15,20H,2-5,8H2,1H3,(H,17,18). The lowest BCUT2D eigenvalue weighted by atomic mass is 9.87. The van der Waals surface area contributed by atoms with Crippen molar-refractivity contribution in [2.45, 2.75) is 31.8 Å². The van der Waals surface area contributed by atoms with Crippen molar-refractivity contribution in [2.75, 3.05) is 24.2 Å². The minimum atomic E-state index is -0.101. The molecule has 0 atom stereocenters. The Morgan fingerprint density at radius 3 is 2.90 bits per heavy atom. The summed E-state index contributed by atoms with van der Waals surface area (Å²) < 4.78 is 1.96. The summed E-state index contributed by atoms with van der Waals surface area (Å²) in [5.74, 6) is 2.23. The zero-order chi connectivity index (χ0) is 13.9. The normalized spacial score (nSPS) is 22.9. The second kappa shape index (κ2) is 5.66. The lowest BCUT2D eigenvalue weighted by Crippen LogP contribution is -2.24. The van der Waals surface area contributed by atoms with Crippen LogP contribution in [-0.4, -0.2) is 39.2 Å². The van der Waals surface area contributed by atoms with E-state index in [0.717, 1.165) is 49.5 Å². The zero-order valence-electron chi connectivity index (χ0n) is 11.7. The highest BCUT2D eigenvalue weighted by molar-refractivity contribution is 5.65. The number of fused-ring (bicyclic) bond motifs is 1. The molecule has 2 aromatic rings. The number of aliphatic hydroxyl groups excluding tert-OH is 1. The minimum Gasteiger partial charge on any atom is -0.393 e. The Labute approximate surface area is 118 Å². The van der Waals surface area contributed by atoms with Crippen LogP contribution < -0.4 is 10.6 Å². The molecule has 108 valence electrons. The molecule has 1 aliphatic rings. The summed E-state index contributed by atoms with van der Waals surface area (Å²) in [5.41, 5.74) is 0.847. The molecule has 0 aromatic carbocycles. The molecule has 0 saturated heterocycles. The first-order chi connectivity index (χ1) is 9.76. The van der Waals surface area contributed by atoms with Crippen molar-refractivity contribution in [3.8, 4) is 0 Å². The molecule has 2 heterocycles. The first-order valence-corrected chi connectivity index (χ1v) is 7.19. The van der Waals surface area contributed by atoms with Crippen LogP contribution in [0.2, 0.25) is 0 Å². The maximum atomic E-state index is 9.54. The van der Waals surface area contributed by atoms with Gasteiger partial charge in [0, 0.05) is 26.0 Å². The maximum Gasteiger partial charge on any atom is 0.180 e. The van der Waals surface area contributed by atoms with E-state index < -0.39 is 0 Å². The summed E-state index contributed by atoms with van der Waals surface area (Å²) in [7, 11) is 1.86. The van der Waals surface area contributed by atoms with Crippen LogP contribution in [0.25, 0.3) is 5.65 Å². The molecule has 0 amide bonds. The van der Waals surface area contributed by atoms with Crippen LogP contribution in [0.5, 0.6) is 0 Å². The fraction of sp³-hybridized carbons (Fsp3) is 0.571. The quantitative estimate of drug-likeness (QED) is 0.792. The summed E-state index contributed by atoms with van der Waals surface area (Å²) in [6, 6.07) is 0. The topological polar surface area (TPSA) is 74.5 Å². The number of hydrogen-bond acceptors (Lipinski definition) is 5. The van der Waals surface area contributed by atoms with Crippen molar-refractivity contribution >= 4 is 17.3 Å². The van der Waals surface area contributed by atoms with E-state index in [1.165, 1.54) is 0 Å². The molecule has 1 fully saturated rings. The lowest BCUT2D eigenvalue weighted by molar-refractivity contribution is 0.111. The highest BCUT2D eigenvalue weighted by Crippen LogP contribution is 2.25. The average Bonchev–Trinajstić information content (AvgIpc) is 2.94. The van der Waals surface area contributed by atoms with Gasteiger partial charge in [-0.1, -0.05) is 0 Å². The van der Waals surface area contributed by atoms with Crippen molar-refractivity contribution in [3.63, 3.8) is 0 Å². The Morgan fingerprint density at radius 1 is 1.35 bits per heavy atom. The Balaban J connectivity index is 1.71. The van der Waals surface area contributed by atoms with Gasteiger partial charge in [0.25, 0.3) is 0 Å². The predicted molar refractivity (Wildman–Crippen MR) is 79.0 cm³/mol. The number of rotatable bonds is 4. The molecular weight excluding hydrogens is 254 g/mol. The molecule has 0 bridgehead atoms. The fourth-order valence-electron chi connectivity index (χ4n) is 2.76. The van der Waals surface area contributed by atoms with Crippen LogP contribution in [0, 0.1) is 5.92 Å². The van der Waals surface area contributed by atoms with Gasteiger partial charge in [-0.25, -0.2) is 9.97 Å². The highest BCUT2D eigenvalue weighted by atomic mass is 16.3. The molecule has 6 heteroatoms. The smallest absolute Gasteiger partial charge is 0.180 e. The average molecular weight is 275 g/mol. The fourth-order valence-corrected chi connectivity index (χ4v) is 2.76. The van der Waals surface area contributed by atoms with Gasteiger partial charge >= 0.3 is 0 Å². The van der Waals surface area contributed by atoms with Crippen molar-refractivity contribution in [3.05, 3.63) is 18.6 Å². The van der Waals surface area contributed by atoms with E-state index in [1.54, 1.807) is 6.20 Å². The molecule has 0 radical (unpaired) electrons. The molecular formula is C14H21N5O. The lowest BCUT2D eigenvalue weighted by Gasteiger charge is -2.25. The zero-order valence-corrected chi connectivity index (χ0v) is 11.7. The van der Waals surface area contributed by atoms with Gasteiger partial charge in [-0.05, 0) is 31.6 Å². The number of nitrogens with one attached hydrogen (secondary N) is 2.